The highest BCUT2D eigenvalue weighted by Gasteiger charge is 2.22. The van der Waals surface area contributed by atoms with E-state index in [0.29, 0.717) is 6.42 Å². The molecular weight excluding hydrogens is 326 g/mol. The lowest BCUT2D eigenvalue weighted by atomic mass is 10.0. The van der Waals surface area contributed by atoms with Crippen molar-refractivity contribution in [2.75, 3.05) is 19.1 Å². The van der Waals surface area contributed by atoms with Crippen LogP contribution in [0.3, 0.4) is 0 Å². The van der Waals surface area contributed by atoms with Crippen molar-refractivity contribution in [2.45, 2.75) is 32.7 Å². The van der Waals surface area contributed by atoms with E-state index in [9.17, 15) is 9.59 Å². The molecule has 2 rings (SSSR count). The Labute approximate surface area is 146 Å². The minimum absolute atomic E-state index is 0.169. The van der Waals surface area contributed by atoms with Crippen molar-refractivity contribution in [3.05, 3.63) is 35.1 Å². The monoisotopic (exact) mass is 349 g/mol. The van der Waals surface area contributed by atoms with Crippen LogP contribution in [0.2, 0.25) is 0 Å². The predicted molar refractivity (Wildman–Crippen MR) is 96.3 cm³/mol. The fourth-order valence-electron chi connectivity index (χ4n) is 2.57. The van der Waals surface area contributed by atoms with Gasteiger partial charge in [0.15, 0.2) is 0 Å². The average molecular weight is 349 g/mol. The number of nitrogens with one attached hydrogen (secondary N) is 1. The summed E-state index contributed by atoms with van der Waals surface area (Å²) in [5, 5.41) is 3.70. The first kappa shape index (κ1) is 18.4. The van der Waals surface area contributed by atoms with Crippen molar-refractivity contribution in [3.63, 3.8) is 0 Å². The maximum absolute atomic E-state index is 12.3. The molecule has 0 radical (unpaired) electrons. The van der Waals surface area contributed by atoms with Crippen LogP contribution in [0.4, 0.5) is 0 Å². The largest absolute Gasteiger partial charge is 0.467 e. The van der Waals surface area contributed by atoms with Crippen molar-refractivity contribution in [2.24, 2.45) is 0 Å². The molecule has 0 fully saturated rings. The molecule has 0 aliphatic heterocycles. The van der Waals surface area contributed by atoms with Crippen LogP contribution >= 0.6 is 11.8 Å². The molecule has 0 aliphatic carbocycles. The Bertz CT molecular complexity index is 738. The first-order valence-electron chi connectivity index (χ1n) is 7.80. The van der Waals surface area contributed by atoms with E-state index in [1.54, 1.807) is 18.0 Å². The second-order valence-electron chi connectivity index (χ2n) is 5.75. The summed E-state index contributed by atoms with van der Waals surface area (Å²) >= 11 is 1.62. The molecule has 1 aromatic heterocycles. The van der Waals surface area contributed by atoms with E-state index in [4.69, 9.17) is 9.15 Å². The van der Waals surface area contributed by atoms with Gasteiger partial charge in [-0.1, -0.05) is 12.1 Å². The number of hydrogen-bond donors (Lipinski definition) is 1. The molecule has 24 heavy (non-hydrogen) atoms. The van der Waals surface area contributed by atoms with Crippen LogP contribution in [0.25, 0.3) is 11.0 Å². The van der Waals surface area contributed by atoms with Gasteiger partial charge in [-0.3, -0.25) is 4.79 Å². The maximum Gasteiger partial charge on any atom is 0.328 e. The van der Waals surface area contributed by atoms with E-state index in [1.807, 2.05) is 32.2 Å². The lowest BCUT2D eigenvalue weighted by Crippen LogP contribution is -2.42. The standard InChI is InChI=1S/C18H23NO4S/c1-11-5-6-14-13(10-23-17(14)12(11)2)9-16(20)19-15(7-8-24-4)18(21)22-3/h5-6,10,15H,7-9H2,1-4H3,(H,19,20)/t15-/m1/s1. The molecule has 0 bridgehead atoms. The number of methoxy groups -OCH3 is 1. The summed E-state index contributed by atoms with van der Waals surface area (Å²) in [4.78, 5) is 24.1. The number of ether oxygens (including phenoxy) is 1. The molecule has 0 aliphatic rings. The van der Waals surface area contributed by atoms with Crippen LogP contribution in [0, 0.1) is 13.8 Å². The quantitative estimate of drug-likeness (QED) is 0.778. The van der Waals surface area contributed by atoms with Gasteiger partial charge >= 0.3 is 5.97 Å². The molecule has 1 heterocycles. The Balaban J connectivity index is 2.11. The molecule has 1 atom stereocenters. The molecule has 5 nitrogen and oxygen atoms in total. The number of furan rings is 1. The number of carbonyl (C=O) groups is 2. The van der Waals surface area contributed by atoms with E-state index < -0.39 is 12.0 Å². The van der Waals surface area contributed by atoms with Gasteiger partial charge < -0.3 is 14.5 Å². The highest BCUT2D eigenvalue weighted by atomic mass is 32.2. The normalized spacial score (nSPS) is 12.2. The SMILES string of the molecule is COC(=O)[C@@H](CCSC)NC(=O)Cc1coc2c(C)c(C)ccc12. The highest BCUT2D eigenvalue weighted by Crippen LogP contribution is 2.26. The van der Waals surface area contributed by atoms with Crippen LogP contribution in [0.1, 0.15) is 23.1 Å². The third kappa shape index (κ3) is 4.12. The zero-order valence-electron chi connectivity index (χ0n) is 14.5. The second kappa shape index (κ2) is 8.24. The molecule has 6 heteroatoms. The second-order valence-corrected chi connectivity index (χ2v) is 6.73. The van der Waals surface area contributed by atoms with E-state index in [-0.39, 0.29) is 12.3 Å². The van der Waals surface area contributed by atoms with Crippen LogP contribution in [-0.2, 0) is 20.7 Å². The van der Waals surface area contributed by atoms with Crippen LogP contribution in [0.5, 0.6) is 0 Å². The minimum Gasteiger partial charge on any atom is -0.467 e. The van der Waals surface area contributed by atoms with Gasteiger partial charge in [0.25, 0.3) is 0 Å². The van der Waals surface area contributed by atoms with Gasteiger partial charge in [0.2, 0.25) is 5.91 Å². The first-order valence-corrected chi connectivity index (χ1v) is 9.19. The molecule has 1 aromatic carbocycles. The number of rotatable bonds is 7. The van der Waals surface area contributed by atoms with Gasteiger partial charge in [0.1, 0.15) is 11.6 Å². The molecule has 130 valence electrons. The number of fused-ring (bicyclic) bond motifs is 1. The Morgan fingerprint density at radius 1 is 1.33 bits per heavy atom. The Hall–Kier alpha value is -1.95. The summed E-state index contributed by atoms with van der Waals surface area (Å²) in [6.07, 6.45) is 4.29. The fraction of sp³-hybridized carbons (Fsp3) is 0.444. The molecular formula is C18H23NO4S. The zero-order valence-corrected chi connectivity index (χ0v) is 15.3. The third-order valence-corrected chi connectivity index (χ3v) is 4.77. The Morgan fingerprint density at radius 3 is 2.75 bits per heavy atom. The van der Waals surface area contributed by atoms with Gasteiger partial charge in [-0.2, -0.15) is 11.8 Å². The smallest absolute Gasteiger partial charge is 0.328 e. The fourth-order valence-corrected chi connectivity index (χ4v) is 3.04. The van der Waals surface area contributed by atoms with Gasteiger partial charge in [-0.15, -0.1) is 0 Å². The summed E-state index contributed by atoms with van der Waals surface area (Å²) in [6, 6.07) is 3.37. The van der Waals surface area contributed by atoms with E-state index in [0.717, 1.165) is 33.4 Å². The minimum atomic E-state index is -0.614. The van der Waals surface area contributed by atoms with Gasteiger partial charge in [-0.25, -0.2) is 4.79 Å². The van der Waals surface area contributed by atoms with Crippen LogP contribution < -0.4 is 5.32 Å². The van der Waals surface area contributed by atoms with Crippen molar-refractivity contribution in [3.8, 4) is 0 Å². The third-order valence-electron chi connectivity index (χ3n) is 4.12. The van der Waals surface area contributed by atoms with Gasteiger partial charge in [0.05, 0.1) is 19.8 Å². The number of amides is 1. The molecule has 2 aromatic rings. The van der Waals surface area contributed by atoms with Crippen molar-refractivity contribution < 1.29 is 18.7 Å². The van der Waals surface area contributed by atoms with E-state index >= 15 is 0 Å². The van der Waals surface area contributed by atoms with Crippen molar-refractivity contribution >= 4 is 34.6 Å². The number of hydrogen-bond acceptors (Lipinski definition) is 5. The average Bonchev–Trinajstić information content (AvgIpc) is 2.97. The summed E-state index contributed by atoms with van der Waals surface area (Å²) in [5.74, 6) is 0.140. The van der Waals surface area contributed by atoms with E-state index in [2.05, 4.69) is 5.32 Å². The number of thioether (sulfide) groups is 1. The Morgan fingerprint density at radius 2 is 2.08 bits per heavy atom. The predicted octanol–water partition coefficient (Wildman–Crippen LogP) is 3.00. The lowest BCUT2D eigenvalue weighted by molar-refractivity contribution is -0.145. The van der Waals surface area contributed by atoms with Crippen molar-refractivity contribution in [1.82, 2.24) is 5.32 Å². The number of carbonyl (C=O) groups excluding carboxylic acids is 2. The number of esters is 1. The summed E-state index contributed by atoms with van der Waals surface area (Å²) in [6.45, 7) is 4.02. The number of benzene rings is 1. The van der Waals surface area contributed by atoms with Gasteiger partial charge in [0, 0.05) is 10.9 Å². The molecule has 1 N–H and O–H groups in total. The highest BCUT2D eigenvalue weighted by molar-refractivity contribution is 7.98. The van der Waals surface area contributed by atoms with Gasteiger partial charge in [-0.05, 0) is 43.4 Å². The zero-order chi connectivity index (χ0) is 17.7. The molecule has 0 saturated heterocycles. The summed E-state index contributed by atoms with van der Waals surface area (Å²) < 4.78 is 10.4. The molecule has 0 unspecified atom stereocenters. The number of aryl methyl sites for hydroxylation is 2. The van der Waals surface area contributed by atoms with Crippen LogP contribution in [0.15, 0.2) is 22.8 Å². The van der Waals surface area contributed by atoms with Crippen molar-refractivity contribution in [1.29, 1.82) is 0 Å². The molecule has 0 spiro atoms. The summed E-state index contributed by atoms with van der Waals surface area (Å²) in [7, 11) is 1.33. The molecule has 0 saturated carbocycles. The topological polar surface area (TPSA) is 68.5 Å². The van der Waals surface area contributed by atoms with E-state index in [1.165, 1.54) is 7.11 Å². The lowest BCUT2D eigenvalue weighted by Gasteiger charge is -2.15. The van der Waals surface area contributed by atoms with Crippen LogP contribution in [-0.4, -0.2) is 37.0 Å². The maximum atomic E-state index is 12.3. The Kier molecular flexibility index (Phi) is 6.31. The first-order chi connectivity index (χ1) is 11.5. The summed E-state index contributed by atoms with van der Waals surface area (Å²) in [5.41, 5.74) is 3.85. The molecule has 1 amide bonds.